The molecule has 0 unspecified atom stereocenters. The van der Waals surface area contributed by atoms with Gasteiger partial charge in [-0.3, -0.25) is 0 Å². The first kappa shape index (κ1) is 18.1. The fourth-order valence-corrected chi connectivity index (χ4v) is 3.59. The fourth-order valence-electron chi connectivity index (χ4n) is 1.54. The molecule has 21 heavy (non-hydrogen) atoms. The highest BCUT2D eigenvalue weighted by Gasteiger charge is 2.35. The smallest absolute Gasteiger partial charge is 0.404 e. The van der Waals surface area contributed by atoms with Crippen LogP contribution in [0.3, 0.4) is 0 Å². The Morgan fingerprint density at radius 1 is 1.19 bits per heavy atom. The van der Waals surface area contributed by atoms with Crippen molar-refractivity contribution >= 4 is 21.6 Å². The van der Waals surface area contributed by atoms with Gasteiger partial charge < -0.3 is 4.74 Å². The molecule has 0 bridgehead atoms. The van der Waals surface area contributed by atoms with E-state index in [9.17, 15) is 21.6 Å². The third-order valence-corrected chi connectivity index (χ3v) is 4.49. The van der Waals surface area contributed by atoms with Crippen LogP contribution in [0.2, 0.25) is 5.02 Å². The first-order chi connectivity index (χ1) is 9.23. The predicted octanol–water partition coefficient (Wildman–Crippen LogP) is 3.62. The summed E-state index contributed by atoms with van der Waals surface area (Å²) in [5.41, 5.74) is -0.731. The van der Waals surface area contributed by atoms with Gasteiger partial charge in [-0.05, 0) is 39.3 Å². The Morgan fingerprint density at radius 3 is 2.14 bits per heavy atom. The summed E-state index contributed by atoms with van der Waals surface area (Å²) in [4.78, 5) is -0.469. The first-order valence-corrected chi connectivity index (χ1v) is 7.68. The number of aryl methyl sites for hydroxylation is 1. The number of halogens is 4. The van der Waals surface area contributed by atoms with Crippen LogP contribution in [0.25, 0.3) is 0 Å². The molecule has 0 fully saturated rings. The van der Waals surface area contributed by atoms with Gasteiger partial charge in [0.1, 0.15) is 9.92 Å². The number of hydrogen-bond acceptors (Lipinski definition) is 3. The Kier molecular flexibility index (Phi) is 4.87. The SMILES string of the molecule is Cc1ccc(S(=O)(=O)NC(C)(C)C)c(Cl)c1OC(F)(F)F. The van der Waals surface area contributed by atoms with Crippen LogP contribution in [0.4, 0.5) is 13.2 Å². The quantitative estimate of drug-likeness (QED) is 0.910. The minimum absolute atomic E-state index is 0.0760. The Morgan fingerprint density at radius 2 is 1.71 bits per heavy atom. The van der Waals surface area contributed by atoms with E-state index in [1.165, 1.54) is 13.0 Å². The minimum Gasteiger partial charge on any atom is -0.404 e. The van der Waals surface area contributed by atoms with Crippen molar-refractivity contribution in [3.8, 4) is 5.75 Å². The number of ether oxygens (including phenoxy) is 1. The van der Waals surface area contributed by atoms with E-state index >= 15 is 0 Å². The predicted molar refractivity (Wildman–Crippen MR) is 72.9 cm³/mol. The summed E-state index contributed by atoms with van der Waals surface area (Å²) < 4.78 is 67.5. The summed E-state index contributed by atoms with van der Waals surface area (Å²) in [7, 11) is -4.07. The van der Waals surface area contributed by atoms with Crippen molar-refractivity contribution in [2.24, 2.45) is 0 Å². The maximum atomic E-state index is 12.4. The molecule has 0 radical (unpaired) electrons. The lowest BCUT2D eigenvalue weighted by atomic mass is 10.1. The van der Waals surface area contributed by atoms with Gasteiger partial charge in [0.15, 0.2) is 5.75 Å². The molecule has 0 aliphatic carbocycles. The molecule has 120 valence electrons. The standard InChI is InChI=1S/C12H15ClF3NO3S/c1-7-5-6-8(21(18,19)17-11(2,3)4)9(13)10(7)20-12(14,15)16/h5-6,17H,1-4H3. The lowest BCUT2D eigenvalue weighted by Crippen LogP contribution is -2.40. The zero-order valence-corrected chi connectivity index (χ0v) is 13.4. The molecule has 9 heteroatoms. The second-order valence-electron chi connectivity index (χ2n) is 5.43. The van der Waals surface area contributed by atoms with Crippen molar-refractivity contribution in [2.45, 2.75) is 44.5 Å². The van der Waals surface area contributed by atoms with Crippen molar-refractivity contribution in [1.82, 2.24) is 4.72 Å². The Bertz CT molecular complexity index is 636. The third-order valence-electron chi connectivity index (χ3n) is 2.21. The van der Waals surface area contributed by atoms with E-state index in [4.69, 9.17) is 11.6 Å². The monoisotopic (exact) mass is 345 g/mol. The van der Waals surface area contributed by atoms with E-state index < -0.39 is 37.6 Å². The van der Waals surface area contributed by atoms with Gasteiger partial charge in [-0.25, -0.2) is 13.1 Å². The van der Waals surface area contributed by atoms with Crippen LogP contribution >= 0.6 is 11.6 Å². The topological polar surface area (TPSA) is 55.4 Å². The van der Waals surface area contributed by atoms with E-state index in [0.29, 0.717) is 0 Å². The molecule has 1 rings (SSSR count). The summed E-state index contributed by atoms with van der Waals surface area (Å²) in [5.74, 6) is -0.721. The van der Waals surface area contributed by atoms with E-state index in [-0.39, 0.29) is 5.56 Å². The van der Waals surface area contributed by atoms with E-state index in [1.54, 1.807) is 20.8 Å². The summed E-state index contributed by atoms with van der Waals surface area (Å²) in [6.07, 6.45) is -4.96. The maximum absolute atomic E-state index is 12.4. The van der Waals surface area contributed by atoms with Gasteiger partial charge in [-0.1, -0.05) is 17.7 Å². The van der Waals surface area contributed by atoms with Gasteiger partial charge in [0, 0.05) is 5.54 Å². The average Bonchev–Trinajstić information content (AvgIpc) is 2.18. The summed E-state index contributed by atoms with van der Waals surface area (Å²) in [6.45, 7) is 6.12. The zero-order valence-electron chi connectivity index (χ0n) is 11.8. The normalized spacial score (nSPS) is 13.3. The molecule has 0 saturated carbocycles. The molecule has 0 saturated heterocycles. The lowest BCUT2D eigenvalue weighted by Gasteiger charge is -2.22. The second-order valence-corrected chi connectivity index (χ2v) is 7.46. The average molecular weight is 346 g/mol. The summed E-state index contributed by atoms with van der Waals surface area (Å²) in [5, 5.41) is -0.607. The molecule has 1 aromatic carbocycles. The third kappa shape index (κ3) is 5.05. The van der Waals surface area contributed by atoms with Gasteiger partial charge in [0.05, 0.1) is 0 Å². The van der Waals surface area contributed by atoms with Crippen LogP contribution in [0, 0.1) is 6.92 Å². The Hall–Kier alpha value is -0.990. The number of benzene rings is 1. The summed E-state index contributed by atoms with van der Waals surface area (Å²) >= 11 is 5.79. The molecule has 0 atom stereocenters. The minimum atomic E-state index is -4.96. The van der Waals surface area contributed by atoms with E-state index in [0.717, 1.165) is 6.07 Å². The van der Waals surface area contributed by atoms with Crippen LogP contribution in [0.5, 0.6) is 5.75 Å². The molecule has 0 heterocycles. The second kappa shape index (κ2) is 5.66. The number of alkyl halides is 3. The van der Waals surface area contributed by atoms with Gasteiger partial charge in [-0.15, -0.1) is 13.2 Å². The van der Waals surface area contributed by atoms with Crippen molar-refractivity contribution in [3.63, 3.8) is 0 Å². The van der Waals surface area contributed by atoms with Crippen LogP contribution in [0.15, 0.2) is 17.0 Å². The van der Waals surface area contributed by atoms with Crippen molar-refractivity contribution in [2.75, 3.05) is 0 Å². The summed E-state index contributed by atoms with van der Waals surface area (Å²) in [6, 6.07) is 2.33. The molecule has 0 amide bonds. The number of hydrogen-bond donors (Lipinski definition) is 1. The van der Waals surface area contributed by atoms with Crippen LogP contribution in [0.1, 0.15) is 26.3 Å². The highest BCUT2D eigenvalue weighted by Crippen LogP contribution is 2.37. The fraction of sp³-hybridized carbons (Fsp3) is 0.500. The van der Waals surface area contributed by atoms with Crippen molar-refractivity contribution < 1.29 is 26.3 Å². The first-order valence-electron chi connectivity index (χ1n) is 5.82. The van der Waals surface area contributed by atoms with Crippen LogP contribution in [-0.4, -0.2) is 20.3 Å². The van der Waals surface area contributed by atoms with Gasteiger partial charge in [0.2, 0.25) is 10.0 Å². The maximum Gasteiger partial charge on any atom is 0.573 e. The van der Waals surface area contributed by atoms with E-state index in [2.05, 4.69) is 9.46 Å². The van der Waals surface area contributed by atoms with Gasteiger partial charge in [-0.2, -0.15) is 0 Å². The largest absolute Gasteiger partial charge is 0.573 e. The van der Waals surface area contributed by atoms with Gasteiger partial charge in [0.25, 0.3) is 0 Å². The van der Waals surface area contributed by atoms with Crippen molar-refractivity contribution in [1.29, 1.82) is 0 Å². The molecule has 0 spiro atoms. The lowest BCUT2D eigenvalue weighted by molar-refractivity contribution is -0.274. The van der Waals surface area contributed by atoms with E-state index in [1.807, 2.05) is 0 Å². The molecule has 1 aromatic rings. The molecule has 0 aliphatic rings. The molecule has 0 aliphatic heterocycles. The van der Waals surface area contributed by atoms with Crippen LogP contribution < -0.4 is 9.46 Å². The molecule has 0 aromatic heterocycles. The van der Waals surface area contributed by atoms with Gasteiger partial charge >= 0.3 is 6.36 Å². The van der Waals surface area contributed by atoms with Crippen molar-refractivity contribution in [3.05, 3.63) is 22.7 Å². The highest BCUT2D eigenvalue weighted by molar-refractivity contribution is 7.89. The number of nitrogens with one attached hydrogen (secondary N) is 1. The van der Waals surface area contributed by atoms with Crippen LogP contribution in [-0.2, 0) is 10.0 Å². The number of rotatable bonds is 3. The Balaban J connectivity index is 3.38. The molecular weight excluding hydrogens is 331 g/mol. The molecular formula is C12H15ClF3NO3S. The molecule has 4 nitrogen and oxygen atoms in total. The zero-order chi connectivity index (χ0) is 16.6. The Labute approximate surface area is 126 Å². The molecule has 1 N–H and O–H groups in total. The highest BCUT2D eigenvalue weighted by atomic mass is 35.5. The number of sulfonamides is 1.